The Labute approximate surface area is 155 Å². The van der Waals surface area contributed by atoms with Crippen molar-refractivity contribution >= 4 is 33.3 Å². The lowest BCUT2D eigenvalue weighted by atomic mass is 10.1. The molecule has 1 amide bonds. The third kappa shape index (κ3) is 4.47. The normalized spacial score (nSPS) is 11.9. The molecule has 0 aliphatic rings. The van der Waals surface area contributed by atoms with Crippen molar-refractivity contribution in [2.24, 2.45) is 0 Å². The lowest BCUT2D eigenvalue weighted by Crippen LogP contribution is -2.44. The number of aliphatic hydroxyl groups excluding tert-OH is 1. The van der Waals surface area contributed by atoms with Crippen molar-refractivity contribution in [3.8, 4) is 0 Å². The van der Waals surface area contributed by atoms with Gasteiger partial charge in [0.2, 0.25) is 5.91 Å². The summed E-state index contributed by atoms with van der Waals surface area (Å²) in [7, 11) is 0. The molecule has 6 heteroatoms. The van der Waals surface area contributed by atoms with E-state index in [2.05, 4.69) is 5.32 Å². The summed E-state index contributed by atoms with van der Waals surface area (Å²) >= 11 is 1.57. The van der Waals surface area contributed by atoms with Crippen molar-refractivity contribution in [3.63, 3.8) is 0 Å². The van der Waals surface area contributed by atoms with E-state index in [1.807, 2.05) is 60.0 Å². The number of fused-ring (bicyclic) bond motifs is 1. The van der Waals surface area contributed by atoms with Crippen molar-refractivity contribution in [3.05, 3.63) is 71.1 Å². The number of hydrogen-bond acceptors (Lipinski definition) is 5. The molecule has 3 aromatic rings. The predicted octanol–water partition coefficient (Wildman–Crippen LogP) is 2.66. The van der Waals surface area contributed by atoms with Crippen LogP contribution in [0.1, 0.15) is 11.1 Å². The molecule has 2 aromatic carbocycles. The van der Waals surface area contributed by atoms with E-state index >= 15 is 0 Å². The van der Waals surface area contributed by atoms with E-state index in [9.17, 15) is 14.7 Å². The van der Waals surface area contributed by atoms with Gasteiger partial charge in [-0.25, -0.2) is 4.79 Å². The predicted molar refractivity (Wildman–Crippen MR) is 101 cm³/mol. The molecule has 5 nitrogen and oxygen atoms in total. The van der Waals surface area contributed by atoms with Crippen LogP contribution in [0, 0.1) is 0 Å². The van der Waals surface area contributed by atoms with Gasteiger partial charge in [0.05, 0.1) is 13.0 Å². The molecule has 134 valence electrons. The van der Waals surface area contributed by atoms with E-state index in [0.29, 0.717) is 0 Å². The monoisotopic (exact) mass is 369 g/mol. The van der Waals surface area contributed by atoms with Crippen LogP contribution in [0.4, 0.5) is 0 Å². The molecule has 3 rings (SSSR count). The van der Waals surface area contributed by atoms with Crippen molar-refractivity contribution in [2.45, 2.75) is 19.1 Å². The fourth-order valence-corrected chi connectivity index (χ4v) is 3.56. The number of benzene rings is 2. The smallest absolute Gasteiger partial charge is 0.331 e. The molecule has 1 aromatic heterocycles. The molecule has 0 fully saturated rings. The minimum Gasteiger partial charge on any atom is -0.459 e. The van der Waals surface area contributed by atoms with Gasteiger partial charge in [0, 0.05) is 4.70 Å². The second kappa shape index (κ2) is 8.60. The highest BCUT2D eigenvalue weighted by Gasteiger charge is 2.22. The van der Waals surface area contributed by atoms with Gasteiger partial charge in [0.25, 0.3) is 0 Å². The molecule has 0 saturated heterocycles. The van der Waals surface area contributed by atoms with Gasteiger partial charge in [0.1, 0.15) is 6.61 Å². The number of hydrogen-bond donors (Lipinski definition) is 2. The summed E-state index contributed by atoms with van der Waals surface area (Å²) in [4.78, 5) is 24.4. The minimum atomic E-state index is -1.07. The van der Waals surface area contributed by atoms with Gasteiger partial charge in [-0.15, -0.1) is 11.3 Å². The van der Waals surface area contributed by atoms with Crippen molar-refractivity contribution in [2.75, 3.05) is 6.61 Å². The first-order valence-corrected chi connectivity index (χ1v) is 9.11. The quantitative estimate of drug-likeness (QED) is 0.628. The summed E-state index contributed by atoms with van der Waals surface area (Å²) in [5.41, 5.74) is 1.74. The van der Waals surface area contributed by atoms with E-state index in [0.717, 1.165) is 21.2 Å². The molecule has 0 radical (unpaired) electrons. The molecule has 0 unspecified atom stereocenters. The third-order valence-corrected chi connectivity index (χ3v) is 4.95. The van der Waals surface area contributed by atoms with Crippen LogP contribution in [0.15, 0.2) is 60.0 Å². The van der Waals surface area contributed by atoms with Gasteiger partial charge in [-0.3, -0.25) is 4.79 Å². The lowest BCUT2D eigenvalue weighted by Gasteiger charge is -2.15. The Morgan fingerprint density at radius 3 is 2.58 bits per heavy atom. The molecule has 1 atom stereocenters. The topological polar surface area (TPSA) is 75.6 Å². The van der Waals surface area contributed by atoms with Crippen molar-refractivity contribution in [1.29, 1.82) is 0 Å². The highest BCUT2D eigenvalue weighted by atomic mass is 32.1. The number of carbonyl (C=O) groups excluding carboxylic acids is 2. The average Bonchev–Trinajstić information content (AvgIpc) is 3.08. The molecule has 0 aliphatic heterocycles. The van der Waals surface area contributed by atoms with E-state index < -0.39 is 18.6 Å². The van der Waals surface area contributed by atoms with E-state index in [1.54, 1.807) is 11.3 Å². The van der Waals surface area contributed by atoms with E-state index in [4.69, 9.17) is 4.74 Å². The molecule has 0 saturated carbocycles. The number of ether oxygens (including phenoxy) is 1. The van der Waals surface area contributed by atoms with Crippen LogP contribution < -0.4 is 5.32 Å². The first-order valence-electron chi connectivity index (χ1n) is 8.23. The first kappa shape index (κ1) is 18.1. The third-order valence-electron chi connectivity index (χ3n) is 3.94. The van der Waals surface area contributed by atoms with Crippen LogP contribution in [-0.2, 0) is 27.4 Å². The van der Waals surface area contributed by atoms with E-state index in [1.165, 1.54) is 0 Å². The van der Waals surface area contributed by atoms with Crippen LogP contribution >= 0.6 is 11.3 Å². The highest BCUT2D eigenvalue weighted by Crippen LogP contribution is 2.25. The van der Waals surface area contributed by atoms with Crippen LogP contribution in [0.25, 0.3) is 10.1 Å². The molecule has 1 heterocycles. The zero-order valence-electron chi connectivity index (χ0n) is 14.1. The number of nitrogens with one attached hydrogen (secondary N) is 1. The number of rotatable bonds is 7. The Kier molecular flexibility index (Phi) is 5.99. The summed E-state index contributed by atoms with van der Waals surface area (Å²) < 4.78 is 6.28. The molecule has 0 spiro atoms. The van der Waals surface area contributed by atoms with Crippen LogP contribution in [-0.4, -0.2) is 29.6 Å². The summed E-state index contributed by atoms with van der Waals surface area (Å²) in [5.74, 6) is -0.982. The zero-order valence-corrected chi connectivity index (χ0v) is 14.9. The second-order valence-corrected chi connectivity index (χ2v) is 6.74. The number of thiophene rings is 1. The molecular weight excluding hydrogens is 350 g/mol. The SMILES string of the molecule is O=C(Cc1csc2ccccc12)N[C@@H](CO)C(=O)OCc1ccccc1. The van der Waals surface area contributed by atoms with Gasteiger partial charge in [-0.2, -0.15) is 0 Å². The number of aliphatic hydroxyl groups is 1. The molecular formula is C20H19NO4S. The maximum absolute atomic E-state index is 12.3. The number of carbonyl (C=O) groups is 2. The molecule has 0 aliphatic carbocycles. The Hall–Kier alpha value is -2.70. The van der Waals surface area contributed by atoms with Crippen molar-refractivity contribution < 1.29 is 19.4 Å². The van der Waals surface area contributed by atoms with Gasteiger partial charge < -0.3 is 15.2 Å². The van der Waals surface area contributed by atoms with Gasteiger partial charge >= 0.3 is 5.97 Å². The van der Waals surface area contributed by atoms with Crippen LogP contribution in [0.3, 0.4) is 0 Å². The summed E-state index contributed by atoms with van der Waals surface area (Å²) in [6, 6.07) is 16.0. The van der Waals surface area contributed by atoms with Gasteiger partial charge in [-0.1, -0.05) is 48.5 Å². The maximum atomic E-state index is 12.3. The fraction of sp³-hybridized carbons (Fsp3) is 0.200. The Morgan fingerprint density at radius 1 is 1.08 bits per heavy atom. The minimum absolute atomic E-state index is 0.0984. The van der Waals surface area contributed by atoms with Gasteiger partial charge in [0.15, 0.2) is 6.04 Å². The lowest BCUT2D eigenvalue weighted by molar-refractivity contribution is -0.150. The van der Waals surface area contributed by atoms with Crippen LogP contribution in [0.5, 0.6) is 0 Å². The average molecular weight is 369 g/mol. The number of amides is 1. The van der Waals surface area contributed by atoms with Gasteiger partial charge in [-0.05, 0) is 28.0 Å². The molecule has 26 heavy (non-hydrogen) atoms. The number of esters is 1. The zero-order chi connectivity index (χ0) is 18.4. The Morgan fingerprint density at radius 2 is 1.81 bits per heavy atom. The summed E-state index contributed by atoms with van der Waals surface area (Å²) in [6.07, 6.45) is 0.145. The Balaban J connectivity index is 1.56. The summed E-state index contributed by atoms with van der Waals surface area (Å²) in [5, 5.41) is 14.9. The fourth-order valence-electron chi connectivity index (χ4n) is 2.60. The Bertz CT molecular complexity index is 891. The van der Waals surface area contributed by atoms with E-state index in [-0.39, 0.29) is 18.9 Å². The molecule has 0 bridgehead atoms. The van der Waals surface area contributed by atoms with Crippen LogP contribution in [0.2, 0.25) is 0 Å². The maximum Gasteiger partial charge on any atom is 0.331 e. The summed E-state index contributed by atoms with van der Waals surface area (Å²) in [6.45, 7) is -0.412. The largest absolute Gasteiger partial charge is 0.459 e. The highest BCUT2D eigenvalue weighted by molar-refractivity contribution is 7.17. The standard InChI is InChI=1S/C20H19NO4S/c22-11-17(20(24)25-12-14-6-2-1-3-7-14)21-19(23)10-15-13-26-18-9-5-4-8-16(15)18/h1-9,13,17,22H,10-12H2,(H,21,23)/t17-/m0/s1. The first-order chi connectivity index (χ1) is 12.7. The van der Waals surface area contributed by atoms with Crippen molar-refractivity contribution in [1.82, 2.24) is 5.32 Å². The second-order valence-electron chi connectivity index (χ2n) is 5.83. The molecule has 2 N–H and O–H groups in total.